The lowest BCUT2D eigenvalue weighted by molar-refractivity contribution is 0.805. The number of rotatable bonds is 4. The van der Waals surface area contributed by atoms with Crippen molar-refractivity contribution >= 4 is 27.5 Å². The molecule has 1 aromatic carbocycles. The van der Waals surface area contributed by atoms with Crippen molar-refractivity contribution in [3.63, 3.8) is 0 Å². The smallest absolute Gasteiger partial charge is 0.134 e. The Morgan fingerprint density at radius 2 is 1.93 bits per heavy atom. The molecule has 6 heteroatoms. The number of nitrogens with one attached hydrogen (secondary N) is 1. The summed E-state index contributed by atoms with van der Waals surface area (Å²) in [7, 11) is 3.00. The Bertz CT molecular complexity index is 356. The van der Waals surface area contributed by atoms with Gasteiger partial charge in [0.1, 0.15) is 5.03 Å². The zero-order valence-electron chi connectivity index (χ0n) is 7.70. The summed E-state index contributed by atoms with van der Waals surface area (Å²) in [5.41, 5.74) is 1.07. The Labute approximate surface area is 95.4 Å². The van der Waals surface area contributed by atoms with E-state index in [4.69, 9.17) is 0 Å². The third kappa shape index (κ3) is 3.41. The Balaban J connectivity index is 1.81. The van der Waals surface area contributed by atoms with Crippen LogP contribution in [0.2, 0.25) is 0 Å². The summed E-state index contributed by atoms with van der Waals surface area (Å²) in [6.07, 6.45) is 1.62. The number of aromatic nitrogens is 3. The summed E-state index contributed by atoms with van der Waals surface area (Å²) >= 11 is 0. The van der Waals surface area contributed by atoms with E-state index < -0.39 is 0 Å². The minimum atomic E-state index is 0.832. The number of anilines is 1. The first-order valence-electron chi connectivity index (χ1n) is 4.24. The summed E-state index contributed by atoms with van der Waals surface area (Å²) in [4.78, 5) is 0. The predicted molar refractivity (Wildman–Crippen MR) is 63.3 cm³/mol. The van der Waals surface area contributed by atoms with Crippen LogP contribution in [0.3, 0.4) is 0 Å². The minimum absolute atomic E-state index is 0.832. The summed E-state index contributed by atoms with van der Waals surface area (Å²) in [6, 6.07) is 11.8. The SMILES string of the molecule is c1ccc(NSSc2ccnnn2)cc1. The molecule has 2 rings (SSSR count). The highest BCUT2D eigenvalue weighted by molar-refractivity contribution is 8.77. The van der Waals surface area contributed by atoms with Gasteiger partial charge in [-0.05, 0) is 34.2 Å². The van der Waals surface area contributed by atoms with Crippen molar-refractivity contribution in [2.75, 3.05) is 4.72 Å². The first-order chi connectivity index (χ1) is 7.45. The van der Waals surface area contributed by atoms with Crippen molar-refractivity contribution < 1.29 is 0 Å². The molecule has 0 saturated heterocycles. The number of para-hydroxylation sites is 1. The predicted octanol–water partition coefficient (Wildman–Crippen LogP) is 2.64. The lowest BCUT2D eigenvalue weighted by atomic mass is 10.3. The maximum absolute atomic E-state index is 3.85. The molecule has 1 heterocycles. The van der Waals surface area contributed by atoms with Crippen molar-refractivity contribution in [2.45, 2.75) is 5.03 Å². The van der Waals surface area contributed by atoms with Gasteiger partial charge in [0.05, 0.1) is 6.20 Å². The zero-order valence-corrected chi connectivity index (χ0v) is 9.33. The monoisotopic (exact) mass is 236 g/mol. The Kier molecular flexibility index (Phi) is 3.81. The molecule has 0 saturated carbocycles. The zero-order chi connectivity index (χ0) is 10.3. The molecule has 4 nitrogen and oxygen atoms in total. The molecule has 0 amide bonds. The molecule has 0 bridgehead atoms. The molecule has 0 aliphatic heterocycles. The molecule has 0 unspecified atom stereocenters. The second-order valence-corrected chi connectivity index (χ2v) is 4.55. The highest BCUT2D eigenvalue weighted by Crippen LogP contribution is 2.29. The van der Waals surface area contributed by atoms with Gasteiger partial charge >= 0.3 is 0 Å². The van der Waals surface area contributed by atoms with E-state index in [-0.39, 0.29) is 0 Å². The third-order valence-corrected chi connectivity index (χ3v) is 3.34. The normalized spacial score (nSPS) is 9.87. The van der Waals surface area contributed by atoms with Crippen LogP contribution in [0.5, 0.6) is 0 Å². The lowest BCUT2D eigenvalue weighted by Crippen LogP contribution is -1.87. The molecule has 1 N–H and O–H groups in total. The summed E-state index contributed by atoms with van der Waals surface area (Å²) in [5, 5.41) is 11.8. The van der Waals surface area contributed by atoms with Gasteiger partial charge in [-0.25, -0.2) is 0 Å². The van der Waals surface area contributed by atoms with Gasteiger partial charge in [0, 0.05) is 16.7 Å². The molecular formula is C9H8N4S2. The van der Waals surface area contributed by atoms with Crippen LogP contribution in [0.15, 0.2) is 47.6 Å². The van der Waals surface area contributed by atoms with Gasteiger partial charge in [0.2, 0.25) is 0 Å². The summed E-state index contributed by atoms with van der Waals surface area (Å²) in [6.45, 7) is 0. The van der Waals surface area contributed by atoms with E-state index in [9.17, 15) is 0 Å². The maximum atomic E-state index is 3.85. The highest BCUT2D eigenvalue weighted by atomic mass is 33.1. The molecule has 0 spiro atoms. The van der Waals surface area contributed by atoms with Crippen LogP contribution in [-0.4, -0.2) is 15.4 Å². The second-order valence-electron chi connectivity index (χ2n) is 2.59. The van der Waals surface area contributed by atoms with Crippen LogP contribution in [0.1, 0.15) is 0 Å². The largest absolute Gasteiger partial charge is 0.320 e. The topological polar surface area (TPSA) is 50.7 Å². The lowest BCUT2D eigenvalue weighted by Gasteiger charge is -2.02. The van der Waals surface area contributed by atoms with Crippen molar-refractivity contribution in [2.24, 2.45) is 0 Å². The standard InChI is InChI=1S/C9H8N4S2/c1-2-4-8(5-3-1)12-15-14-9-6-7-10-13-11-9/h1-7,12H. The van der Waals surface area contributed by atoms with Crippen LogP contribution in [0, 0.1) is 0 Å². The van der Waals surface area contributed by atoms with Crippen molar-refractivity contribution in [3.05, 3.63) is 42.6 Å². The van der Waals surface area contributed by atoms with E-state index in [0.717, 1.165) is 10.7 Å². The number of hydrogen-bond donors (Lipinski definition) is 1. The van der Waals surface area contributed by atoms with Crippen LogP contribution in [0.25, 0.3) is 0 Å². The van der Waals surface area contributed by atoms with E-state index >= 15 is 0 Å². The number of hydrogen-bond acceptors (Lipinski definition) is 6. The molecule has 1 aromatic heterocycles. The summed E-state index contributed by atoms with van der Waals surface area (Å²) < 4.78 is 3.18. The highest BCUT2D eigenvalue weighted by Gasteiger charge is 1.96. The van der Waals surface area contributed by atoms with Gasteiger partial charge < -0.3 is 4.72 Å². The maximum Gasteiger partial charge on any atom is 0.134 e. The Morgan fingerprint density at radius 3 is 2.67 bits per heavy atom. The van der Waals surface area contributed by atoms with E-state index in [2.05, 4.69) is 20.1 Å². The summed E-state index contributed by atoms with van der Waals surface area (Å²) in [5.74, 6) is 0. The first-order valence-corrected chi connectivity index (χ1v) is 6.39. The van der Waals surface area contributed by atoms with Gasteiger partial charge in [-0.2, -0.15) is 0 Å². The first kappa shape index (κ1) is 10.3. The van der Waals surface area contributed by atoms with E-state index in [0.29, 0.717) is 0 Å². The molecule has 0 aliphatic carbocycles. The fourth-order valence-corrected chi connectivity index (χ4v) is 2.37. The van der Waals surface area contributed by atoms with Crippen LogP contribution >= 0.6 is 21.8 Å². The van der Waals surface area contributed by atoms with Crippen LogP contribution < -0.4 is 4.72 Å². The van der Waals surface area contributed by atoms with Gasteiger partial charge in [-0.15, -0.1) is 10.2 Å². The molecule has 0 aliphatic rings. The van der Waals surface area contributed by atoms with E-state index in [1.54, 1.807) is 6.20 Å². The quantitative estimate of drug-likeness (QED) is 0.650. The number of benzene rings is 1. The molecular weight excluding hydrogens is 228 g/mol. The second kappa shape index (κ2) is 5.57. The van der Waals surface area contributed by atoms with Crippen molar-refractivity contribution in [1.82, 2.24) is 15.4 Å². The fraction of sp³-hybridized carbons (Fsp3) is 0. The fourth-order valence-electron chi connectivity index (χ4n) is 0.892. The van der Waals surface area contributed by atoms with E-state index in [1.807, 2.05) is 36.4 Å². The average Bonchev–Trinajstić information content (AvgIpc) is 2.32. The molecule has 0 atom stereocenters. The Hall–Kier alpha value is -1.27. The Morgan fingerprint density at radius 1 is 1.07 bits per heavy atom. The van der Waals surface area contributed by atoms with Crippen molar-refractivity contribution in [1.29, 1.82) is 0 Å². The minimum Gasteiger partial charge on any atom is -0.320 e. The van der Waals surface area contributed by atoms with Crippen LogP contribution in [0.4, 0.5) is 5.69 Å². The average molecular weight is 236 g/mol. The van der Waals surface area contributed by atoms with E-state index in [1.165, 1.54) is 21.8 Å². The van der Waals surface area contributed by atoms with Crippen LogP contribution in [-0.2, 0) is 0 Å². The molecule has 76 valence electrons. The molecule has 2 aromatic rings. The molecule has 0 fully saturated rings. The molecule has 15 heavy (non-hydrogen) atoms. The van der Waals surface area contributed by atoms with Gasteiger partial charge in [0.15, 0.2) is 0 Å². The van der Waals surface area contributed by atoms with Gasteiger partial charge in [-0.1, -0.05) is 18.2 Å². The number of nitrogens with zero attached hydrogens (tertiary/aromatic N) is 3. The van der Waals surface area contributed by atoms with Gasteiger partial charge in [-0.3, -0.25) is 0 Å². The molecule has 0 radical (unpaired) electrons. The van der Waals surface area contributed by atoms with Crippen molar-refractivity contribution in [3.8, 4) is 0 Å². The third-order valence-electron chi connectivity index (χ3n) is 1.54. The van der Waals surface area contributed by atoms with Gasteiger partial charge in [0.25, 0.3) is 0 Å².